The molecule has 0 saturated carbocycles. The number of para-hydroxylation sites is 1. The van der Waals surface area contributed by atoms with Crippen molar-refractivity contribution in [1.82, 2.24) is 0 Å². The van der Waals surface area contributed by atoms with Gasteiger partial charge in [-0.15, -0.1) is 0 Å². The molecule has 4 nitrogen and oxygen atoms in total. The molecule has 0 saturated heterocycles. The number of hydrogen-bond acceptors (Lipinski definition) is 4. The van der Waals surface area contributed by atoms with Crippen LogP contribution in [0.2, 0.25) is 5.02 Å². The van der Waals surface area contributed by atoms with Gasteiger partial charge in [0, 0.05) is 28.3 Å². The molecule has 0 bridgehead atoms. The number of benzene rings is 3. The van der Waals surface area contributed by atoms with E-state index in [1.54, 1.807) is 24.3 Å². The van der Waals surface area contributed by atoms with Crippen LogP contribution in [0.1, 0.15) is 50.0 Å². The third-order valence-corrected chi connectivity index (χ3v) is 4.96. The third-order valence-electron chi connectivity index (χ3n) is 4.59. The van der Waals surface area contributed by atoms with Gasteiger partial charge >= 0.3 is 0 Å². The summed E-state index contributed by atoms with van der Waals surface area (Å²) in [5, 5.41) is -0.276. The summed E-state index contributed by atoms with van der Waals surface area (Å²) >= 11 is 6.29. The maximum absolute atomic E-state index is 15.4. The van der Waals surface area contributed by atoms with E-state index in [9.17, 15) is 9.18 Å². The van der Waals surface area contributed by atoms with E-state index in [1.807, 2.05) is 33.8 Å². The maximum Gasteiger partial charge on any atom is 0.173 e. The summed E-state index contributed by atoms with van der Waals surface area (Å²) in [6.07, 6.45) is 1.57. The zero-order valence-corrected chi connectivity index (χ0v) is 21.0. The molecule has 34 heavy (non-hydrogen) atoms. The first-order valence-corrected chi connectivity index (χ1v) is 11.6. The van der Waals surface area contributed by atoms with Gasteiger partial charge in [0.15, 0.2) is 17.9 Å². The number of ether oxygens (including phenoxy) is 2. The van der Waals surface area contributed by atoms with Crippen molar-refractivity contribution in [1.29, 1.82) is 0 Å². The molecule has 2 N–H and O–H groups in total. The summed E-state index contributed by atoms with van der Waals surface area (Å²) in [5.74, 6) is -0.857. The first kappa shape index (κ1) is 29.1. The smallest absolute Gasteiger partial charge is 0.173 e. The molecule has 184 valence electrons. The Kier molecular flexibility index (Phi) is 12.9. The molecule has 7 heteroatoms. The van der Waals surface area contributed by atoms with E-state index in [0.29, 0.717) is 37.0 Å². The van der Waals surface area contributed by atoms with Gasteiger partial charge in [-0.1, -0.05) is 57.5 Å². The number of hydrogen-bond donors (Lipinski definition) is 1. The first-order valence-electron chi connectivity index (χ1n) is 11.2. The second-order valence-corrected chi connectivity index (χ2v) is 6.98. The lowest BCUT2D eigenvalue weighted by atomic mass is 9.92. The Bertz CT molecular complexity index is 1060. The van der Waals surface area contributed by atoms with Crippen LogP contribution in [-0.2, 0) is 6.42 Å². The Labute approximate surface area is 205 Å². The van der Waals surface area contributed by atoms with E-state index >= 15 is 4.39 Å². The fourth-order valence-electron chi connectivity index (χ4n) is 3.21. The third kappa shape index (κ3) is 6.78. The summed E-state index contributed by atoms with van der Waals surface area (Å²) in [4.78, 5) is 11.7. The minimum absolute atomic E-state index is 0.0228. The zero-order valence-electron chi connectivity index (χ0n) is 20.3. The molecule has 3 aromatic rings. The number of nitrogens with two attached hydrogens (primary N) is 1. The highest BCUT2D eigenvalue weighted by Crippen LogP contribution is 2.44. The average molecular weight is 492 g/mol. The Morgan fingerprint density at radius 2 is 1.62 bits per heavy atom. The van der Waals surface area contributed by atoms with Crippen LogP contribution in [0, 0.1) is 11.6 Å². The highest BCUT2D eigenvalue weighted by molar-refractivity contribution is 6.34. The number of carbonyl (C=O) groups is 1. The number of aldehydes is 1. The minimum atomic E-state index is -0.772. The summed E-state index contributed by atoms with van der Waals surface area (Å²) in [5.41, 5.74) is 5.02. The van der Waals surface area contributed by atoms with Crippen LogP contribution in [0.5, 0.6) is 17.2 Å². The Morgan fingerprint density at radius 1 is 0.971 bits per heavy atom. The van der Waals surface area contributed by atoms with Crippen molar-refractivity contribution in [2.75, 3.05) is 13.7 Å². The van der Waals surface area contributed by atoms with Crippen LogP contribution in [0.25, 0.3) is 11.1 Å². The normalized spacial score (nSPS) is 9.79. The highest BCUT2D eigenvalue weighted by atomic mass is 35.5. The molecule has 0 amide bonds. The molecule has 0 aliphatic heterocycles. The quantitative estimate of drug-likeness (QED) is 0.326. The van der Waals surface area contributed by atoms with Crippen molar-refractivity contribution in [3.05, 3.63) is 76.3 Å². The van der Waals surface area contributed by atoms with Gasteiger partial charge in [0.25, 0.3) is 0 Å². The van der Waals surface area contributed by atoms with Crippen molar-refractivity contribution < 1.29 is 23.0 Å². The summed E-state index contributed by atoms with van der Waals surface area (Å²) in [6.45, 7) is 8.02. The van der Waals surface area contributed by atoms with Crippen LogP contribution < -0.4 is 15.2 Å². The van der Waals surface area contributed by atoms with Crippen LogP contribution in [0.15, 0.2) is 48.5 Å². The van der Waals surface area contributed by atoms with Crippen LogP contribution in [-0.4, -0.2) is 19.9 Å². The predicted octanol–water partition coefficient (Wildman–Crippen LogP) is 7.84. The predicted molar refractivity (Wildman–Crippen MR) is 135 cm³/mol. The average Bonchev–Trinajstić information content (AvgIpc) is 2.88. The number of halogens is 3. The van der Waals surface area contributed by atoms with Gasteiger partial charge in [-0.05, 0) is 44.2 Å². The molecule has 0 fully saturated rings. The molecule has 3 rings (SSSR count). The van der Waals surface area contributed by atoms with Crippen molar-refractivity contribution in [3.63, 3.8) is 0 Å². The Hall–Kier alpha value is -2.96. The number of carbonyl (C=O) groups excluding carboxylic acids is 1. The van der Waals surface area contributed by atoms with E-state index in [0.717, 1.165) is 0 Å². The molecular formula is C27H32ClF2NO3. The van der Waals surface area contributed by atoms with E-state index < -0.39 is 11.6 Å². The second kappa shape index (κ2) is 15.0. The van der Waals surface area contributed by atoms with Gasteiger partial charge in [0.2, 0.25) is 0 Å². The fourth-order valence-corrected chi connectivity index (χ4v) is 3.47. The van der Waals surface area contributed by atoms with Crippen molar-refractivity contribution in [2.45, 2.75) is 40.5 Å². The SMILES string of the molecule is CC.CCCOc1ccc(C=O)c(-c2c(Cl)c(F)cc(Oc3ccccc3)c2CC)c1F.CN. The van der Waals surface area contributed by atoms with Crippen molar-refractivity contribution in [2.24, 2.45) is 5.73 Å². The molecule has 0 heterocycles. The van der Waals surface area contributed by atoms with E-state index in [-0.39, 0.29) is 33.2 Å². The van der Waals surface area contributed by atoms with E-state index in [4.69, 9.17) is 21.1 Å². The van der Waals surface area contributed by atoms with Gasteiger partial charge in [0.05, 0.1) is 11.6 Å². The minimum Gasteiger partial charge on any atom is -0.491 e. The lowest BCUT2D eigenvalue weighted by molar-refractivity contribution is 0.112. The monoisotopic (exact) mass is 491 g/mol. The highest BCUT2D eigenvalue weighted by Gasteiger charge is 2.25. The standard InChI is InChI=1S/C24H21ClF2O3.C2H6.CH5N/c1-3-12-29-19-11-10-15(14-28)21(24(19)27)22-17(4-2)20(13-18(26)23(22)25)30-16-8-6-5-7-9-16;2*1-2/h5-11,13-14H,3-4,12H2,1-2H3;1-2H3;2H2,1H3. The molecule has 0 unspecified atom stereocenters. The van der Waals surface area contributed by atoms with Gasteiger partial charge in [-0.2, -0.15) is 0 Å². The first-order chi connectivity index (χ1) is 16.5. The molecule has 0 aliphatic rings. The fraction of sp³-hybridized carbons (Fsp3) is 0.296. The Balaban J connectivity index is 0.00000137. The molecule has 0 aromatic heterocycles. The Morgan fingerprint density at radius 3 is 2.18 bits per heavy atom. The topological polar surface area (TPSA) is 61.5 Å². The summed E-state index contributed by atoms with van der Waals surface area (Å²) in [6, 6.07) is 12.8. The summed E-state index contributed by atoms with van der Waals surface area (Å²) in [7, 11) is 1.50. The van der Waals surface area contributed by atoms with Crippen LogP contribution in [0.4, 0.5) is 8.78 Å². The molecule has 3 aromatic carbocycles. The van der Waals surface area contributed by atoms with Gasteiger partial charge in [-0.3, -0.25) is 4.79 Å². The van der Waals surface area contributed by atoms with Crippen molar-refractivity contribution in [3.8, 4) is 28.4 Å². The van der Waals surface area contributed by atoms with E-state index in [1.165, 1.54) is 25.2 Å². The molecule has 0 aliphatic carbocycles. The number of rotatable bonds is 8. The molecule has 0 spiro atoms. The van der Waals surface area contributed by atoms with Gasteiger partial charge in [0.1, 0.15) is 17.3 Å². The maximum atomic E-state index is 15.4. The van der Waals surface area contributed by atoms with Crippen LogP contribution in [0.3, 0.4) is 0 Å². The molecule has 0 atom stereocenters. The largest absolute Gasteiger partial charge is 0.491 e. The molecular weight excluding hydrogens is 460 g/mol. The van der Waals surface area contributed by atoms with Gasteiger partial charge in [-0.25, -0.2) is 8.78 Å². The lowest BCUT2D eigenvalue weighted by Crippen LogP contribution is -2.04. The lowest BCUT2D eigenvalue weighted by Gasteiger charge is -2.19. The van der Waals surface area contributed by atoms with Gasteiger partial charge < -0.3 is 15.2 Å². The van der Waals surface area contributed by atoms with Crippen molar-refractivity contribution >= 4 is 17.9 Å². The summed E-state index contributed by atoms with van der Waals surface area (Å²) < 4.78 is 41.5. The zero-order chi connectivity index (χ0) is 25.7. The van der Waals surface area contributed by atoms with E-state index in [2.05, 4.69) is 5.73 Å². The second-order valence-electron chi connectivity index (χ2n) is 6.60. The van der Waals surface area contributed by atoms with Crippen LogP contribution >= 0.6 is 11.6 Å². The molecule has 0 radical (unpaired) electrons.